The zero-order valence-corrected chi connectivity index (χ0v) is 11.3. The normalized spacial score (nSPS) is 17.7. The van der Waals surface area contributed by atoms with Crippen molar-refractivity contribution in [3.63, 3.8) is 0 Å². The van der Waals surface area contributed by atoms with Crippen LogP contribution in [-0.4, -0.2) is 12.1 Å². The van der Waals surface area contributed by atoms with Gasteiger partial charge in [0.05, 0.1) is 11.3 Å². The van der Waals surface area contributed by atoms with Gasteiger partial charge >= 0.3 is 0 Å². The number of carbonyl (C=O) groups excluding carboxylic acids is 1. The van der Waals surface area contributed by atoms with Gasteiger partial charge in [0.25, 0.3) is 5.91 Å². The molecule has 1 heterocycles. The largest absolute Gasteiger partial charge is 0.320 e. The molecule has 0 saturated heterocycles. The molecular formula is C11H7Cl2N3OS. The zero-order valence-electron chi connectivity index (χ0n) is 8.93. The maximum absolute atomic E-state index is 12.0. The lowest BCUT2D eigenvalue weighted by atomic mass is 10.2. The third kappa shape index (κ3) is 2.51. The highest BCUT2D eigenvalue weighted by molar-refractivity contribution is 8.68. The molecule has 0 unspecified atom stereocenters. The molecule has 0 bridgehead atoms. The monoisotopic (exact) mass is 299 g/mol. The number of para-hydroxylation sites is 1. The molecule has 1 aliphatic heterocycles. The van der Waals surface area contributed by atoms with Gasteiger partial charge in [0.2, 0.25) is 0 Å². The molecule has 0 spiro atoms. The predicted molar refractivity (Wildman–Crippen MR) is 75.7 cm³/mol. The lowest BCUT2D eigenvalue weighted by Gasteiger charge is -2.18. The number of carbonyl (C=O) groups is 1. The van der Waals surface area contributed by atoms with Gasteiger partial charge in [0.1, 0.15) is 11.0 Å². The second-order valence-corrected chi connectivity index (χ2v) is 8.03. The maximum atomic E-state index is 12.0. The van der Waals surface area contributed by atoms with Gasteiger partial charge in [-0.25, -0.2) is 4.40 Å². The summed E-state index contributed by atoms with van der Waals surface area (Å²) in [5.41, 5.74) is 0.788. The molecule has 7 heteroatoms. The van der Waals surface area contributed by atoms with Gasteiger partial charge in [-0.05, 0) is 39.6 Å². The lowest BCUT2D eigenvalue weighted by Crippen LogP contribution is -2.15. The molecule has 2 rings (SSSR count). The van der Waals surface area contributed by atoms with Crippen LogP contribution < -0.4 is 5.32 Å². The molecular weight excluding hydrogens is 293 g/mol. The van der Waals surface area contributed by atoms with E-state index in [0.717, 1.165) is 0 Å². The Labute approximate surface area is 114 Å². The van der Waals surface area contributed by atoms with E-state index in [1.54, 1.807) is 24.3 Å². The van der Waals surface area contributed by atoms with Crippen molar-refractivity contribution in [3.8, 4) is 6.07 Å². The summed E-state index contributed by atoms with van der Waals surface area (Å²) in [5, 5.41) is 11.5. The summed E-state index contributed by atoms with van der Waals surface area (Å²) in [6.45, 7) is 0. The van der Waals surface area contributed by atoms with Gasteiger partial charge in [0, 0.05) is 14.9 Å². The average molecular weight is 300 g/mol. The van der Waals surface area contributed by atoms with Crippen LogP contribution in [0.1, 0.15) is 5.56 Å². The molecule has 0 aromatic heterocycles. The van der Waals surface area contributed by atoms with Crippen LogP contribution in [0.2, 0.25) is 0 Å². The van der Waals surface area contributed by atoms with Crippen LogP contribution in [-0.2, 0) is 4.79 Å². The number of hydrogen-bond donors (Lipinski definition) is 1. The summed E-state index contributed by atoms with van der Waals surface area (Å²) in [7, 11) is 9.40. The van der Waals surface area contributed by atoms with E-state index in [1.165, 1.54) is 12.3 Å². The highest BCUT2D eigenvalue weighted by Gasteiger charge is 2.31. The predicted octanol–water partition coefficient (Wildman–Crippen LogP) is 3.49. The number of rotatable bonds is 2. The fourth-order valence-electron chi connectivity index (χ4n) is 1.37. The van der Waals surface area contributed by atoms with Crippen molar-refractivity contribution in [2.24, 2.45) is 4.40 Å². The Morgan fingerprint density at radius 2 is 2.11 bits per heavy atom. The first-order chi connectivity index (χ1) is 8.54. The van der Waals surface area contributed by atoms with Crippen LogP contribution in [0.5, 0.6) is 0 Å². The van der Waals surface area contributed by atoms with E-state index in [9.17, 15) is 4.79 Å². The molecule has 4 nitrogen and oxygen atoms in total. The maximum Gasteiger partial charge on any atom is 0.264 e. The second-order valence-electron chi connectivity index (χ2n) is 3.34. The number of nitrogens with one attached hydrogen (secondary N) is 1. The number of amides is 1. The molecule has 18 heavy (non-hydrogen) atoms. The first kappa shape index (κ1) is 13.0. The average Bonchev–Trinajstić information content (AvgIpc) is 2.69. The van der Waals surface area contributed by atoms with E-state index in [1.807, 2.05) is 6.07 Å². The highest BCUT2D eigenvalue weighted by Crippen LogP contribution is 2.67. The SMILES string of the molecule is N#Cc1ccccc1NC(=O)C1=CC=NS1(Cl)Cl. The zero-order chi connectivity index (χ0) is 13.2. The Morgan fingerprint density at radius 1 is 1.39 bits per heavy atom. The third-order valence-corrected chi connectivity index (χ3v) is 4.92. The number of nitrogens with zero attached hydrogens (tertiary/aromatic N) is 2. The minimum absolute atomic E-state index is 0.207. The summed E-state index contributed by atoms with van der Waals surface area (Å²) in [4.78, 5) is 12.2. The Bertz CT molecular complexity index is 605. The standard InChI is InChI=1S/C11H7Cl2N3OS/c12-18(13)10(5-6-15-18)11(17)16-9-4-2-1-3-8(9)7-14/h1-6H,(H,16,17). The van der Waals surface area contributed by atoms with E-state index >= 15 is 0 Å². The Balaban J connectivity index is 2.21. The molecule has 1 N–H and O–H groups in total. The Morgan fingerprint density at radius 3 is 2.72 bits per heavy atom. The summed E-state index contributed by atoms with van der Waals surface area (Å²) in [6.07, 6.45) is 2.88. The highest BCUT2D eigenvalue weighted by atomic mass is 36.0. The Kier molecular flexibility index (Phi) is 3.62. The van der Waals surface area contributed by atoms with Crippen molar-refractivity contribution in [1.29, 1.82) is 5.26 Å². The molecule has 0 fully saturated rings. The Hall–Kier alpha value is -1.48. The number of allylic oxidation sites excluding steroid dienone is 1. The van der Waals surface area contributed by atoms with Crippen LogP contribution in [0.15, 0.2) is 39.6 Å². The number of hydrogen-bond acceptors (Lipinski definition) is 3. The van der Waals surface area contributed by atoms with Crippen LogP contribution >= 0.6 is 30.0 Å². The van der Waals surface area contributed by atoms with Gasteiger partial charge in [-0.3, -0.25) is 4.79 Å². The van der Waals surface area contributed by atoms with Gasteiger partial charge < -0.3 is 5.32 Å². The number of nitriles is 1. The first-order valence-electron chi connectivity index (χ1n) is 4.83. The minimum atomic E-state index is -2.45. The van der Waals surface area contributed by atoms with E-state index < -0.39 is 14.5 Å². The molecule has 1 aromatic rings. The summed E-state index contributed by atoms with van der Waals surface area (Å²) >= 11 is 0. The van der Waals surface area contributed by atoms with Gasteiger partial charge in [-0.1, -0.05) is 12.1 Å². The van der Waals surface area contributed by atoms with Crippen LogP contribution in [0, 0.1) is 11.3 Å². The van der Waals surface area contributed by atoms with E-state index in [2.05, 4.69) is 9.71 Å². The van der Waals surface area contributed by atoms with E-state index in [0.29, 0.717) is 11.3 Å². The second kappa shape index (κ2) is 5.02. The number of benzene rings is 1. The third-order valence-electron chi connectivity index (χ3n) is 2.20. The molecule has 1 amide bonds. The molecule has 0 saturated carbocycles. The van der Waals surface area contributed by atoms with E-state index in [4.69, 9.17) is 26.6 Å². The molecule has 1 aliphatic rings. The van der Waals surface area contributed by atoms with Crippen molar-refractivity contribution in [2.45, 2.75) is 0 Å². The van der Waals surface area contributed by atoms with Crippen LogP contribution in [0.3, 0.4) is 0 Å². The summed E-state index contributed by atoms with van der Waals surface area (Å²) < 4.78 is 3.83. The van der Waals surface area contributed by atoms with Gasteiger partial charge in [-0.15, -0.1) is 0 Å². The minimum Gasteiger partial charge on any atom is -0.320 e. The van der Waals surface area contributed by atoms with Crippen molar-refractivity contribution in [2.75, 3.05) is 5.32 Å². The lowest BCUT2D eigenvalue weighted by molar-refractivity contribution is -0.112. The number of halogens is 2. The van der Waals surface area contributed by atoms with Gasteiger partial charge in [-0.2, -0.15) is 5.26 Å². The van der Waals surface area contributed by atoms with Crippen LogP contribution in [0.4, 0.5) is 5.69 Å². The molecule has 0 atom stereocenters. The van der Waals surface area contributed by atoms with Gasteiger partial charge in [0.15, 0.2) is 0 Å². The van der Waals surface area contributed by atoms with Crippen molar-refractivity contribution < 1.29 is 4.79 Å². The quantitative estimate of drug-likeness (QED) is 0.908. The smallest absolute Gasteiger partial charge is 0.264 e. The summed E-state index contributed by atoms with van der Waals surface area (Å²) in [5.74, 6) is -0.449. The van der Waals surface area contributed by atoms with Crippen molar-refractivity contribution >= 4 is 47.8 Å². The van der Waals surface area contributed by atoms with Crippen molar-refractivity contribution in [3.05, 3.63) is 40.8 Å². The van der Waals surface area contributed by atoms with E-state index in [-0.39, 0.29) is 4.91 Å². The first-order valence-corrected chi connectivity index (χ1v) is 8.07. The van der Waals surface area contributed by atoms with Crippen LogP contribution in [0.25, 0.3) is 0 Å². The number of anilines is 1. The molecule has 92 valence electrons. The fraction of sp³-hybridized carbons (Fsp3) is 0. The summed E-state index contributed by atoms with van der Waals surface area (Å²) in [6, 6.07) is 8.66. The molecule has 0 aliphatic carbocycles. The topological polar surface area (TPSA) is 65.2 Å². The van der Waals surface area contributed by atoms with Crippen molar-refractivity contribution in [1.82, 2.24) is 0 Å². The molecule has 0 radical (unpaired) electrons. The molecule has 1 aromatic carbocycles. The fourth-order valence-corrected chi connectivity index (χ4v) is 3.20.